The fourth-order valence-corrected chi connectivity index (χ4v) is 3.77. The van der Waals surface area contributed by atoms with E-state index in [0.29, 0.717) is 17.0 Å². The summed E-state index contributed by atoms with van der Waals surface area (Å²) in [5.74, 6) is 0.433. The molecule has 0 aliphatic heterocycles. The van der Waals surface area contributed by atoms with Gasteiger partial charge in [0, 0.05) is 0 Å². The fourth-order valence-electron chi connectivity index (χ4n) is 1.80. The van der Waals surface area contributed by atoms with E-state index >= 15 is 0 Å². The first-order valence-electron chi connectivity index (χ1n) is 7.58. The van der Waals surface area contributed by atoms with Crippen molar-refractivity contribution in [3.05, 3.63) is 12.7 Å². The fraction of sp³-hybridized carbons (Fsp3) is 0.455. The number of aliphatic hydroxyl groups is 5. The molecule has 0 aliphatic carbocycles. The average Bonchev–Trinajstić information content (AvgIpc) is 3.13. The molecule has 1 unspecified atom stereocenters. The number of fused-ring (bicyclic) bond motifs is 1. The summed E-state index contributed by atoms with van der Waals surface area (Å²) < 4.78 is 24.8. The Kier molecular flexibility index (Phi) is 9.09. The molecule has 2 aromatic heterocycles. The number of nitrogen functional groups attached to an aromatic ring is 1. The average molecular weight is 475 g/mol. The number of phosphoric acid groups is 1. The number of anilines is 1. The van der Waals surface area contributed by atoms with Gasteiger partial charge in [-0.15, -0.1) is 0 Å². The van der Waals surface area contributed by atoms with Crippen LogP contribution in [0.1, 0.15) is 0 Å². The lowest BCUT2D eigenvalue weighted by atomic mass is 10.0. The molecule has 0 saturated heterocycles. The third kappa shape index (κ3) is 7.12. The van der Waals surface area contributed by atoms with Crippen LogP contribution in [-0.4, -0.2) is 96.7 Å². The Morgan fingerprint density at radius 2 is 1.70 bits per heavy atom. The predicted octanol–water partition coefficient (Wildman–Crippen LogP) is -3.82. The Hall–Kier alpha value is -1.88. The smallest absolute Gasteiger partial charge is 0.394 e. The number of hydrogen-bond acceptors (Lipinski definition) is 13. The van der Waals surface area contributed by atoms with Crippen LogP contribution in [0.15, 0.2) is 12.7 Å². The van der Waals surface area contributed by atoms with Crippen molar-refractivity contribution in [3.63, 3.8) is 0 Å². The quantitative estimate of drug-likeness (QED) is 0.163. The van der Waals surface area contributed by atoms with Crippen LogP contribution in [-0.2, 0) is 18.2 Å². The van der Waals surface area contributed by atoms with E-state index in [2.05, 4.69) is 24.2 Å². The molecule has 0 spiro atoms. The standard InChI is InChI=1S/C6H14O12P2.C5H5N5/c7-1-2(8)3(9)4(10)5(11)6(12)19(13,14)18-20(15,16)17;6-4-3-5(9-1-7-3)10-2-8-4/h2-5,7-11H,1H2,(H,13,14)(H2,15,16,17);1-2H,(H3,6,7,8,9,10)/t2-,3-,4+,5-;/m1./s1. The summed E-state index contributed by atoms with van der Waals surface area (Å²) in [6, 6.07) is 0. The number of aromatic nitrogens is 4. The van der Waals surface area contributed by atoms with E-state index in [0.717, 1.165) is 0 Å². The first-order chi connectivity index (χ1) is 13.7. The molecule has 19 heteroatoms. The largest absolute Gasteiger partial charge is 0.477 e. The monoisotopic (exact) mass is 475 g/mol. The Morgan fingerprint density at radius 3 is 2.20 bits per heavy atom. The summed E-state index contributed by atoms with van der Waals surface area (Å²) in [5.41, 5.74) is 4.57. The van der Waals surface area contributed by atoms with E-state index < -0.39 is 52.0 Å². The van der Waals surface area contributed by atoms with E-state index in [1.807, 2.05) is 0 Å². The molecule has 0 saturated carbocycles. The third-order valence-corrected chi connectivity index (χ3v) is 5.81. The number of imidazole rings is 1. The maximum Gasteiger partial charge on any atom is 0.477 e. The second-order valence-electron chi connectivity index (χ2n) is 5.47. The molecular formula is C11H19N5O12P2. The molecular weight excluding hydrogens is 456 g/mol. The van der Waals surface area contributed by atoms with Crippen molar-refractivity contribution in [1.29, 1.82) is 0 Å². The van der Waals surface area contributed by atoms with E-state index in [1.165, 1.54) is 12.7 Å². The number of aromatic amines is 1. The number of hydrogen-bond donors (Lipinski definition) is 10. The van der Waals surface area contributed by atoms with E-state index in [4.69, 9.17) is 35.7 Å². The number of rotatable bonds is 8. The van der Waals surface area contributed by atoms with E-state index in [1.54, 1.807) is 0 Å². The second kappa shape index (κ2) is 10.4. The molecule has 30 heavy (non-hydrogen) atoms. The molecule has 0 radical (unpaired) electrons. The molecule has 17 nitrogen and oxygen atoms in total. The Morgan fingerprint density at radius 1 is 1.10 bits per heavy atom. The summed E-state index contributed by atoms with van der Waals surface area (Å²) in [5, 5.41) is 45.0. The molecule has 11 N–H and O–H groups in total. The molecule has 2 heterocycles. The van der Waals surface area contributed by atoms with Crippen molar-refractivity contribution in [2.75, 3.05) is 12.3 Å². The molecule has 2 aromatic rings. The van der Waals surface area contributed by atoms with Gasteiger partial charge in [-0.2, -0.15) is 0 Å². The van der Waals surface area contributed by atoms with Crippen LogP contribution in [0, 0.1) is 0 Å². The van der Waals surface area contributed by atoms with Gasteiger partial charge in [0.2, 0.25) is 0 Å². The highest BCUT2D eigenvalue weighted by molar-refractivity contribution is 7.76. The normalized spacial score (nSPS) is 17.9. The molecule has 170 valence electrons. The zero-order chi connectivity index (χ0) is 23.3. The number of carbonyl (C=O) groups excluding carboxylic acids is 1. The van der Waals surface area contributed by atoms with Gasteiger partial charge < -0.3 is 50.9 Å². The molecule has 2 rings (SSSR count). The van der Waals surface area contributed by atoms with Gasteiger partial charge in [-0.05, 0) is 0 Å². The van der Waals surface area contributed by atoms with E-state index in [-0.39, 0.29) is 0 Å². The summed E-state index contributed by atoms with van der Waals surface area (Å²) in [6.07, 6.45) is -6.63. The van der Waals surface area contributed by atoms with Crippen molar-refractivity contribution in [1.82, 2.24) is 19.9 Å². The van der Waals surface area contributed by atoms with Gasteiger partial charge in [0.15, 0.2) is 17.6 Å². The van der Waals surface area contributed by atoms with Crippen LogP contribution >= 0.6 is 15.4 Å². The van der Waals surface area contributed by atoms with Crippen LogP contribution < -0.4 is 5.73 Å². The summed E-state index contributed by atoms with van der Waals surface area (Å²) in [7, 11) is -11.2. The first-order valence-corrected chi connectivity index (χ1v) is 10.7. The zero-order valence-electron chi connectivity index (χ0n) is 14.7. The van der Waals surface area contributed by atoms with Crippen molar-refractivity contribution in [2.24, 2.45) is 0 Å². The van der Waals surface area contributed by atoms with E-state index in [9.17, 15) is 24.1 Å². The van der Waals surface area contributed by atoms with Gasteiger partial charge in [0.05, 0.1) is 12.9 Å². The minimum absolute atomic E-state index is 0.433. The highest BCUT2D eigenvalue weighted by Crippen LogP contribution is 2.58. The highest BCUT2D eigenvalue weighted by atomic mass is 31.3. The highest BCUT2D eigenvalue weighted by Gasteiger charge is 2.46. The van der Waals surface area contributed by atoms with Crippen molar-refractivity contribution < 1.29 is 58.4 Å². The molecule has 5 atom stereocenters. The number of nitrogens with zero attached hydrogens (tertiary/aromatic N) is 3. The zero-order valence-corrected chi connectivity index (χ0v) is 16.5. The minimum atomic E-state index is -5.66. The molecule has 0 bridgehead atoms. The number of H-pyrrole nitrogens is 1. The van der Waals surface area contributed by atoms with Crippen molar-refractivity contribution >= 4 is 37.9 Å². The maximum atomic E-state index is 11.3. The van der Waals surface area contributed by atoms with Crippen LogP contribution in [0.4, 0.5) is 5.82 Å². The van der Waals surface area contributed by atoms with Gasteiger partial charge in [0.25, 0.3) is 5.52 Å². The summed E-state index contributed by atoms with van der Waals surface area (Å²) >= 11 is 0. The lowest BCUT2D eigenvalue weighted by molar-refractivity contribution is -0.141. The van der Waals surface area contributed by atoms with Crippen molar-refractivity contribution in [2.45, 2.75) is 24.4 Å². The van der Waals surface area contributed by atoms with Gasteiger partial charge in [-0.3, -0.25) is 9.36 Å². The number of carbonyl (C=O) groups is 1. The van der Waals surface area contributed by atoms with Crippen LogP contribution in [0.3, 0.4) is 0 Å². The lowest BCUT2D eigenvalue weighted by Crippen LogP contribution is -2.48. The number of aliphatic hydroxyl groups excluding tert-OH is 5. The molecule has 0 amide bonds. The minimum Gasteiger partial charge on any atom is -0.394 e. The van der Waals surface area contributed by atoms with Crippen LogP contribution in [0.2, 0.25) is 0 Å². The third-order valence-electron chi connectivity index (χ3n) is 3.26. The lowest BCUT2D eigenvalue weighted by Gasteiger charge is -2.25. The number of nitrogens with two attached hydrogens (primary N) is 1. The predicted molar refractivity (Wildman–Crippen MR) is 95.2 cm³/mol. The van der Waals surface area contributed by atoms with Gasteiger partial charge in [-0.1, -0.05) is 0 Å². The van der Waals surface area contributed by atoms with Crippen LogP contribution in [0.5, 0.6) is 0 Å². The van der Waals surface area contributed by atoms with Gasteiger partial charge >= 0.3 is 15.4 Å². The Labute approximate surface area is 166 Å². The van der Waals surface area contributed by atoms with Gasteiger partial charge in [0.1, 0.15) is 30.2 Å². The summed E-state index contributed by atoms with van der Waals surface area (Å²) in [6.45, 7) is -1.06. The summed E-state index contributed by atoms with van der Waals surface area (Å²) in [4.78, 5) is 51.1. The topological polar surface area (TPSA) is 303 Å². The van der Waals surface area contributed by atoms with Crippen LogP contribution in [0.25, 0.3) is 11.2 Å². The first kappa shape index (κ1) is 26.2. The number of nitrogens with one attached hydrogen (secondary N) is 1. The SMILES string of the molecule is Nc1ncnc2nc[nH]c12.O=C([C@H](O)[C@@H](O)[C@H](O)[C@H](O)CO)P(=O)(O)OP(=O)(O)O. The molecule has 0 aliphatic rings. The Bertz CT molecular complexity index is 950. The molecule has 0 fully saturated rings. The van der Waals surface area contributed by atoms with Crippen molar-refractivity contribution in [3.8, 4) is 0 Å². The maximum absolute atomic E-state index is 11.3. The Balaban J connectivity index is 0.000000367. The van der Waals surface area contributed by atoms with Gasteiger partial charge in [-0.25, -0.2) is 23.8 Å². The molecule has 0 aromatic carbocycles. The second-order valence-corrected chi connectivity index (χ2v) is 8.58.